The summed E-state index contributed by atoms with van der Waals surface area (Å²) in [5.41, 5.74) is 3.28. The van der Waals surface area contributed by atoms with Crippen molar-refractivity contribution in [2.45, 2.75) is 27.4 Å². The summed E-state index contributed by atoms with van der Waals surface area (Å²) in [4.78, 5) is 23.8. The summed E-state index contributed by atoms with van der Waals surface area (Å²) in [5, 5.41) is 11.5. The molecule has 134 valence electrons. The molecule has 8 heteroatoms. The number of hydrogen-bond acceptors (Lipinski definition) is 4. The molecule has 0 bridgehead atoms. The molecule has 3 rings (SSSR count). The van der Waals surface area contributed by atoms with E-state index >= 15 is 0 Å². The van der Waals surface area contributed by atoms with Gasteiger partial charge in [-0.3, -0.25) is 14.3 Å². The summed E-state index contributed by atoms with van der Waals surface area (Å²) in [5.74, 6) is -0.388. The first-order valence-electron chi connectivity index (χ1n) is 8.00. The molecule has 0 aliphatic carbocycles. The van der Waals surface area contributed by atoms with Gasteiger partial charge in [0, 0.05) is 17.4 Å². The Bertz CT molecular complexity index is 989. The Morgan fingerprint density at radius 2 is 1.96 bits per heavy atom. The van der Waals surface area contributed by atoms with Crippen LogP contribution in [0, 0.1) is 13.8 Å². The zero-order valence-electron chi connectivity index (χ0n) is 14.7. The fraction of sp³-hybridized carbons (Fsp3) is 0.222. The average molecular weight is 416 g/mol. The fourth-order valence-corrected chi connectivity index (χ4v) is 2.81. The van der Waals surface area contributed by atoms with Crippen LogP contribution < -0.4 is 5.32 Å². The lowest BCUT2D eigenvalue weighted by atomic mass is 10.1. The second-order valence-corrected chi connectivity index (χ2v) is 6.75. The summed E-state index contributed by atoms with van der Waals surface area (Å²) < 4.78 is 4.42. The highest BCUT2D eigenvalue weighted by molar-refractivity contribution is 9.10. The highest BCUT2D eigenvalue weighted by atomic mass is 79.9. The third kappa shape index (κ3) is 3.75. The van der Waals surface area contributed by atoms with Gasteiger partial charge in [0.2, 0.25) is 0 Å². The lowest BCUT2D eigenvalue weighted by molar-refractivity contribution is 0.100. The number of halogens is 1. The predicted molar refractivity (Wildman–Crippen MR) is 101 cm³/mol. The van der Waals surface area contributed by atoms with Gasteiger partial charge in [0.1, 0.15) is 6.67 Å². The number of carbonyl (C=O) groups is 2. The molecule has 0 atom stereocenters. The van der Waals surface area contributed by atoms with Crippen LogP contribution in [0.25, 0.3) is 0 Å². The molecule has 0 spiro atoms. The van der Waals surface area contributed by atoms with Crippen molar-refractivity contribution in [2.24, 2.45) is 0 Å². The molecule has 0 aliphatic rings. The first-order chi connectivity index (χ1) is 12.3. The van der Waals surface area contributed by atoms with E-state index in [9.17, 15) is 9.59 Å². The largest absolute Gasteiger partial charge is 0.321 e. The van der Waals surface area contributed by atoms with Crippen LogP contribution >= 0.6 is 15.9 Å². The summed E-state index contributed by atoms with van der Waals surface area (Å²) in [6.45, 7) is 5.78. The van der Waals surface area contributed by atoms with E-state index < -0.39 is 0 Å². The molecule has 2 heterocycles. The lowest BCUT2D eigenvalue weighted by Crippen LogP contribution is -2.16. The van der Waals surface area contributed by atoms with E-state index in [0.717, 1.165) is 15.9 Å². The van der Waals surface area contributed by atoms with Gasteiger partial charge in [-0.1, -0.05) is 12.1 Å². The van der Waals surface area contributed by atoms with Crippen molar-refractivity contribution >= 4 is 33.3 Å². The van der Waals surface area contributed by atoms with Gasteiger partial charge in [-0.2, -0.15) is 10.2 Å². The molecule has 0 aliphatic heterocycles. The molecule has 0 radical (unpaired) electrons. The molecular formula is C18H18BrN5O2. The number of ketones is 1. The minimum absolute atomic E-state index is 0.0542. The summed E-state index contributed by atoms with van der Waals surface area (Å²) in [7, 11) is 0. The standard InChI is InChI=1S/C18H18BrN5O2/c1-11-17(19)12(2)24(21-11)10-23-8-7-16(22-23)18(26)20-15-6-4-5-14(9-15)13(3)25/h4-9H,10H2,1-3H3,(H,20,26). The number of aromatic nitrogens is 4. The molecule has 0 saturated carbocycles. The van der Waals surface area contributed by atoms with Crippen molar-refractivity contribution in [2.75, 3.05) is 5.32 Å². The van der Waals surface area contributed by atoms with Crippen molar-refractivity contribution in [3.05, 3.63) is 63.6 Å². The average Bonchev–Trinajstić information content (AvgIpc) is 3.17. The van der Waals surface area contributed by atoms with Crippen LogP contribution in [0.5, 0.6) is 0 Å². The lowest BCUT2D eigenvalue weighted by Gasteiger charge is -2.06. The number of benzene rings is 1. The van der Waals surface area contributed by atoms with Crippen molar-refractivity contribution < 1.29 is 9.59 Å². The summed E-state index contributed by atoms with van der Waals surface area (Å²) >= 11 is 3.49. The van der Waals surface area contributed by atoms with Crippen molar-refractivity contribution in [1.29, 1.82) is 0 Å². The molecule has 0 unspecified atom stereocenters. The van der Waals surface area contributed by atoms with E-state index in [1.807, 2.05) is 18.5 Å². The zero-order valence-corrected chi connectivity index (χ0v) is 16.2. The van der Waals surface area contributed by atoms with Gasteiger partial charge in [0.05, 0.1) is 15.9 Å². The van der Waals surface area contributed by atoms with E-state index in [-0.39, 0.29) is 11.7 Å². The Labute approximate surface area is 159 Å². The number of hydrogen-bond donors (Lipinski definition) is 1. The molecule has 1 N–H and O–H groups in total. The number of rotatable bonds is 5. The summed E-state index contributed by atoms with van der Waals surface area (Å²) in [6.07, 6.45) is 1.73. The van der Waals surface area contributed by atoms with Crippen LogP contribution in [-0.4, -0.2) is 31.3 Å². The first-order valence-corrected chi connectivity index (χ1v) is 8.80. The highest BCUT2D eigenvalue weighted by Crippen LogP contribution is 2.19. The minimum atomic E-state index is -0.334. The number of aryl methyl sites for hydroxylation is 1. The molecule has 1 amide bonds. The van der Waals surface area contributed by atoms with Crippen LogP contribution in [-0.2, 0) is 6.67 Å². The predicted octanol–water partition coefficient (Wildman–Crippen LogP) is 3.42. The quantitative estimate of drug-likeness (QED) is 0.647. The third-order valence-corrected chi connectivity index (χ3v) is 5.12. The molecular weight excluding hydrogens is 398 g/mol. The molecule has 2 aromatic heterocycles. The number of nitrogens with one attached hydrogen (secondary N) is 1. The minimum Gasteiger partial charge on any atom is -0.321 e. The van der Waals surface area contributed by atoms with Gasteiger partial charge < -0.3 is 5.32 Å². The third-order valence-electron chi connectivity index (χ3n) is 3.97. The molecule has 1 aromatic carbocycles. The van der Waals surface area contributed by atoms with Crippen LogP contribution in [0.2, 0.25) is 0 Å². The summed E-state index contributed by atoms with van der Waals surface area (Å²) in [6, 6.07) is 8.45. The molecule has 3 aromatic rings. The maximum absolute atomic E-state index is 12.4. The van der Waals surface area contributed by atoms with Crippen LogP contribution in [0.15, 0.2) is 41.0 Å². The monoisotopic (exact) mass is 415 g/mol. The Hall–Kier alpha value is -2.74. The fourth-order valence-electron chi connectivity index (χ4n) is 2.52. The Kier molecular flexibility index (Phi) is 5.03. The number of anilines is 1. The number of carbonyl (C=O) groups excluding carboxylic acids is 2. The van der Waals surface area contributed by atoms with Crippen LogP contribution in [0.1, 0.15) is 39.2 Å². The first kappa shape index (κ1) is 18.1. The maximum Gasteiger partial charge on any atom is 0.276 e. The normalized spacial score (nSPS) is 10.8. The van der Waals surface area contributed by atoms with Crippen molar-refractivity contribution in [1.82, 2.24) is 19.6 Å². The molecule has 26 heavy (non-hydrogen) atoms. The van der Waals surface area contributed by atoms with Crippen molar-refractivity contribution in [3.63, 3.8) is 0 Å². The molecule has 7 nitrogen and oxygen atoms in total. The van der Waals surface area contributed by atoms with Gasteiger partial charge >= 0.3 is 0 Å². The zero-order chi connectivity index (χ0) is 18.8. The van der Waals surface area contributed by atoms with Gasteiger partial charge in [-0.15, -0.1) is 0 Å². The number of amides is 1. The van der Waals surface area contributed by atoms with Gasteiger partial charge in [-0.25, -0.2) is 4.68 Å². The second kappa shape index (κ2) is 7.25. The SMILES string of the molecule is CC(=O)c1cccc(NC(=O)c2ccn(Cn3nc(C)c(Br)c3C)n2)c1. The van der Waals surface area contributed by atoms with Gasteiger partial charge in [0.25, 0.3) is 5.91 Å². The molecule has 0 fully saturated rings. The number of Topliss-reactive ketones (excluding diaryl/α,β-unsaturated/α-hetero) is 1. The Morgan fingerprint density at radius 1 is 1.19 bits per heavy atom. The van der Waals surface area contributed by atoms with E-state index in [0.29, 0.717) is 23.6 Å². The van der Waals surface area contributed by atoms with Gasteiger partial charge in [-0.05, 0) is 54.9 Å². The van der Waals surface area contributed by atoms with E-state index in [2.05, 4.69) is 31.4 Å². The van der Waals surface area contributed by atoms with E-state index in [1.165, 1.54) is 6.92 Å². The van der Waals surface area contributed by atoms with E-state index in [4.69, 9.17) is 0 Å². The van der Waals surface area contributed by atoms with E-state index in [1.54, 1.807) is 41.2 Å². The molecule has 0 saturated heterocycles. The Balaban J connectivity index is 1.73. The topological polar surface area (TPSA) is 81.8 Å². The van der Waals surface area contributed by atoms with Crippen LogP contribution in [0.3, 0.4) is 0 Å². The van der Waals surface area contributed by atoms with Gasteiger partial charge in [0.15, 0.2) is 11.5 Å². The van der Waals surface area contributed by atoms with Crippen molar-refractivity contribution in [3.8, 4) is 0 Å². The Morgan fingerprint density at radius 3 is 2.62 bits per heavy atom. The smallest absolute Gasteiger partial charge is 0.276 e. The number of nitrogens with zero attached hydrogens (tertiary/aromatic N) is 4. The highest BCUT2D eigenvalue weighted by Gasteiger charge is 2.13. The second-order valence-electron chi connectivity index (χ2n) is 5.96. The maximum atomic E-state index is 12.4. The van der Waals surface area contributed by atoms with Crippen LogP contribution in [0.4, 0.5) is 5.69 Å².